The second-order valence-corrected chi connectivity index (χ2v) is 4.21. The summed E-state index contributed by atoms with van der Waals surface area (Å²) in [5.74, 6) is 6.58. The highest BCUT2D eigenvalue weighted by molar-refractivity contribution is 8.13. The summed E-state index contributed by atoms with van der Waals surface area (Å²) in [6.45, 7) is 1.54. The van der Waals surface area contributed by atoms with Crippen molar-refractivity contribution in [2.75, 3.05) is 5.75 Å². The van der Waals surface area contributed by atoms with E-state index in [0.29, 0.717) is 17.9 Å². The molecule has 0 saturated carbocycles. The van der Waals surface area contributed by atoms with E-state index in [1.807, 2.05) is 6.07 Å². The molecular weight excluding hydrogens is 220 g/mol. The highest BCUT2D eigenvalue weighted by Gasteiger charge is 1.93. The van der Waals surface area contributed by atoms with Crippen molar-refractivity contribution < 1.29 is 4.79 Å². The highest BCUT2D eigenvalue weighted by atomic mass is 32.2. The molecule has 0 saturated heterocycles. The number of rotatable bonds is 2. The molecule has 0 aliphatic rings. The zero-order valence-electron chi connectivity index (χ0n) is 8.86. The number of carbonyl (C=O) groups excluding carboxylic acids is 1. The molecule has 16 heavy (non-hydrogen) atoms. The molecule has 0 unspecified atom stereocenters. The Kier molecular flexibility index (Phi) is 5.11. The number of nitriles is 1. The van der Waals surface area contributed by atoms with Crippen LogP contribution in [0.4, 0.5) is 0 Å². The standard InChI is InChI=1S/C12H10N2OS/c1-10(15)16-7-3-2-4-11-5-6-14-12(8-11)9-13/h5-6,8H,3,7H2,1H3. The summed E-state index contributed by atoms with van der Waals surface area (Å²) in [7, 11) is 0. The van der Waals surface area contributed by atoms with Crippen molar-refractivity contribution in [2.45, 2.75) is 13.3 Å². The second kappa shape index (κ2) is 6.66. The molecule has 1 aromatic rings. The molecule has 0 aliphatic heterocycles. The van der Waals surface area contributed by atoms with Crippen LogP contribution in [0.3, 0.4) is 0 Å². The fourth-order valence-corrected chi connectivity index (χ4v) is 1.47. The van der Waals surface area contributed by atoms with Crippen LogP contribution in [-0.4, -0.2) is 15.9 Å². The van der Waals surface area contributed by atoms with Crippen LogP contribution in [0.1, 0.15) is 24.6 Å². The lowest BCUT2D eigenvalue weighted by Crippen LogP contribution is -1.85. The summed E-state index contributed by atoms with van der Waals surface area (Å²) in [6.07, 6.45) is 2.22. The molecule has 0 atom stereocenters. The molecular formula is C12H10N2OS. The van der Waals surface area contributed by atoms with Gasteiger partial charge >= 0.3 is 0 Å². The summed E-state index contributed by atoms with van der Waals surface area (Å²) in [6, 6.07) is 5.36. The van der Waals surface area contributed by atoms with Crippen molar-refractivity contribution in [3.8, 4) is 17.9 Å². The zero-order valence-corrected chi connectivity index (χ0v) is 9.67. The molecule has 3 nitrogen and oxygen atoms in total. The molecule has 0 aromatic carbocycles. The summed E-state index contributed by atoms with van der Waals surface area (Å²) in [5.41, 5.74) is 1.14. The second-order valence-electron chi connectivity index (χ2n) is 2.93. The molecule has 1 heterocycles. The number of pyridine rings is 1. The van der Waals surface area contributed by atoms with E-state index in [1.165, 1.54) is 11.8 Å². The van der Waals surface area contributed by atoms with Crippen LogP contribution >= 0.6 is 11.8 Å². The molecule has 0 aliphatic carbocycles. The number of carbonyl (C=O) groups is 1. The van der Waals surface area contributed by atoms with Crippen LogP contribution in [0, 0.1) is 23.2 Å². The van der Waals surface area contributed by atoms with Crippen LogP contribution in [-0.2, 0) is 4.79 Å². The van der Waals surface area contributed by atoms with E-state index in [1.54, 1.807) is 25.3 Å². The molecule has 1 rings (SSSR count). The number of hydrogen-bond acceptors (Lipinski definition) is 4. The number of nitrogens with zero attached hydrogens (tertiary/aromatic N) is 2. The number of hydrogen-bond donors (Lipinski definition) is 0. The molecule has 0 fully saturated rings. The van der Waals surface area contributed by atoms with Gasteiger partial charge in [-0.25, -0.2) is 4.98 Å². The lowest BCUT2D eigenvalue weighted by molar-refractivity contribution is -0.109. The maximum Gasteiger partial charge on any atom is 0.185 e. The molecule has 1 aromatic heterocycles. The third-order valence-electron chi connectivity index (χ3n) is 1.64. The molecule has 4 heteroatoms. The summed E-state index contributed by atoms with van der Waals surface area (Å²) in [5, 5.41) is 8.74. The van der Waals surface area contributed by atoms with Crippen molar-refractivity contribution in [2.24, 2.45) is 0 Å². The van der Waals surface area contributed by atoms with Gasteiger partial charge in [-0.2, -0.15) is 5.26 Å². The Hall–Kier alpha value is -1.78. The fourth-order valence-electron chi connectivity index (χ4n) is 0.980. The van der Waals surface area contributed by atoms with Crippen LogP contribution in [0.2, 0.25) is 0 Å². The smallest absolute Gasteiger partial charge is 0.185 e. The number of thioether (sulfide) groups is 1. The molecule has 0 N–H and O–H groups in total. The minimum Gasteiger partial charge on any atom is -0.288 e. The van der Waals surface area contributed by atoms with E-state index in [9.17, 15) is 4.79 Å². The molecule has 0 radical (unpaired) electrons. The first-order chi connectivity index (χ1) is 7.72. The lowest BCUT2D eigenvalue weighted by atomic mass is 10.2. The Morgan fingerprint density at radius 3 is 3.12 bits per heavy atom. The largest absolute Gasteiger partial charge is 0.288 e. The van der Waals surface area contributed by atoms with E-state index in [0.717, 1.165) is 5.56 Å². The predicted octanol–water partition coefficient (Wildman–Crippen LogP) is 1.97. The van der Waals surface area contributed by atoms with Crippen LogP contribution in [0.15, 0.2) is 18.3 Å². The van der Waals surface area contributed by atoms with Gasteiger partial charge < -0.3 is 0 Å². The van der Waals surface area contributed by atoms with Gasteiger partial charge in [-0.3, -0.25) is 4.79 Å². The van der Waals surface area contributed by atoms with Crippen molar-refractivity contribution in [1.29, 1.82) is 5.26 Å². The van der Waals surface area contributed by atoms with E-state index >= 15 is 0 Å². The quantitative estimate of drug-likeness (QED) is 0.576. The topological polar surface area (TPSA) is 53.8 Å². The maximum absolute atomic E-state index is 10.6. The van der Waals surface area contributed by atoms with Crippen molar-refractivity contribution in [3.05, 3.63) is 29.6 Å². The normalized spacial score (nSPS) is 8.75. The minimum atomic E-state index is 0.109. The SMILES string of the molecule is CC(=O)SCCC#Cc1ccnc(C#N)c1. The van der Waals surface area contributed by atoms with Crippen LogP contribution in [0.5, 0.6) is 0 Å². The summed E-state index contributed by atoms with van der Waals surface area (Å²) < 4.78 is 0. The fraction of sp³-hybridized carbons (Fsp3) is 0.250. The van der Waals surface area contributed by atoms with Gasteiger partial charge in [0.15, 0.2) is 5.12 Å². The van der Waals surface area contributed by atoms with Crippen LogP contribution in [0.25, 0.3) is 0 Å². The van der Waals surface area contributed by atoms with Crippen molar-refractivity contribution >= 4 is 16.9 Å². The third-order valence-corrected chi connectivity index (χ3v) is 2.45. The van der Waals surface area contributed by atoms with Crippen molar-refractivity contribution in [3.63, 3.8) is 0 Å². The van der Waals surface area contributed by atoms with E-state index in [-0.39, 0.29) is 5.12 Å². The Balaban J connectivity index is 2.50. The van der Waals surface area contributed by atoms with Gasteiger partial charge in [-0.15, -0.1) is 0 Å². The average Bonchev–Trinajstić information content (AvgIpc) is 2.28. The van der Waals surface area contributed by atoms with Gasteiger partial charge in [0.05, 0.1) is 0 Å². The first-order valence-corrected chi connectivity index (χ1v) is 5.69. The lowest BCUT2D eigenvalue weighted by Gasteiger charge is -1.90. The summed E-state index contributed by atoms with van der Waals surface area (Å²) >= 11 is 1.27. The molecule has 0 spiro atoms. The predicted molar refractivity (Wildman–Crippen MR) is 63.6 cm³/mol. The van der Waals surface area contributed by atoms with Crippen molar-refractivity contribution in [1.82, 2.24) is 4.98 Å². The van der Waals surface area contributed by atoms with Gasteiger partial charge in [-0.05, 0) is 12.1 Å². The average molecular weight is 230 g/mol. The van der Waals surface area contributed by atoms with E-state index in [4.69, 9.17) is 5.26 Å². The highest BCUT2D eigenvalue weighted by Crippen LogP contribution is 2.03. The Morgan fingerprint density at radius 1 is 1.62 bits per heavy atom. The van der Waals surface area contributed by atoms with Gasteiger partial charge in [0, 0.05) is 30.9 Å². The first kappa shape index (κ1) is 12.3. The Bertz CT molecular complexity index is 480. The Labute approximate surface area is 98.9 Å². The molecule has 0 amide bonds. The monoisotopic (exact) mass is 230 g/mol. The zero-order chi connectivity index (χ0) is 11.8. The van der Waals surface area contributed by atoms with E-state index in [2.05, 4.69) is 16.8 Å². The number of aromatic nitrogens is 1. The van der Waals surface area contributed by atoms with Gasteiger partial charge in [0.25, 0.3) is 0 Å². The third kappa shape index (κ3) is 4.63. The van der Waals surface area contributed by atoms with Crippen LogP contribution < -0.4 is 0 Å². The van der Waals surface area contributed by atoms with Gasteiger partial charge in [0.1, 0.15) is 11.8 Å². The summed E-state index contributed by atoms with van der Waals surface area (Å²) in [4.78, 5) is 14.5. The molecule has 80 valence electrons. The van der Waals surface area contributed by atoms with E-state index < -0.39 is 0 Å². The first-order valence-electron chi connectivity index (χ1n) is 4.71. The molecule has 0 bridgehead atoms. The van der Waals surface area contributed by atoms with Gasteiger partial charge in [0.2, 0.25) is 0 Å². The van der Waals surface area contributed by atoms with Gasteiger partial charge in [-0.1, -0.05) is 23.6 Å². The maximum atomic E-state index is 10.6. The minimum absolute atomic E-state index is 0.109. The Morgan fingerprint density at radius 2 is 2.44 bits per heavy atom.